The number of carbonyl (C=O) groups is 2. The van der Waals surface area contributed by atoms with Gasteiger partial charge in [0.15, 0.2) is 5.13 Å². The van der Waals surface area contributed by atoms with Crippen LogP contribution in [-0.2, 0) is 9.59 Å². The summed E-state index contributed by atoms with van der Waals surface area (Å²) in [6.45, 7) is 4.75. The number of ether oxygens (including phenoxy) is 2. The van der Waals surface area contributed by atoms with Crippen LogP contribution >= 0.6 is 11.3 Å². The zero-order valence-corrected chi connectivity index (χ0v) is 20.9. The summed E-state index contributed by atoms with van der Waals surface area (Å²) in [5, 5.41) is 11.5. The van der Waals surface area contributed by atoms with E-state index in [0.29, 0.717) is 40.9 Å². The molecule has 1 N–H and O–H groups in total. The van der Waals surface area contributed by atoms with Crippen molar-refractivity contribution in [2.75, 3.05) is 18.1 Å². The fraction of sp³-hybridized carbons (Fsp3) is 0.179. The van der Waals surface area contributed by atoms with Crippen molar-refractivity contribution >= 4 is 44.1 Å². The molecule has 1 amide bonds. The van der Waals surface area contributed by atoms with Crippen molar-refractivity contribution in [1.29, 1.82) is 0 Å². The van der Waals surface area contributed by atoms with Gasteiger partial charge in [-0.15, -0.1) is 0 Å². The van der Waals surface area contributed by atoms with Gasteiger partial charge in [0.1, 0.15) is 23.1 Å². The number of anilines is 1. The lowest BCUT2D eigenvalue weighted by Gasteiger charge is -2.23. The summed E-state index contributed by atoms with van der Waals surface area (Å²) < 4.78 is 25.4. The number of nitrogens with zero attached hydrogens (tertiary/aromatic N) is 2. The van der Waals surface area contributed by atoms with Crippen molar-refractivity contribution in [3.63, 3.8) is 0 Å². The van der Waals surface area contributed by atoms with E-state index >= 15 is 0 Å². The molecule has 1 atom stereocenters. The van der Waals surface area contributed by atoms with E-state index in [1.807, 2.05) is 19.9 Å². The lowest BCUT2D eigenvalue weighted by atomic mass is 9.95. The molecule has 1 fully saturated rings. The largest absolute Gasteiger partial charge is 0.507 e. The van der Waals surface area contributed by atoms with E-state index in [-0.39, 0.29) is 16.9 Å². The molecule has 1 saturated heterocycles. The number of aromatic nitrogens is 1. The lowest BCUT2D eigenvalue weighted by Crippen LogP contribution is -2.29. The number of hydrogen-bond acceptors (Lipinski definition) is 7. The van der Waals surface area contributed by atoms with Gasteiger partial charge >= 0.3 is 5.91 Å². The second-order valence-corrected chi connectivity index (χ2v) is 9.25. The van der Waals surface area contributed by atoms with Crippen LogP contribution in [0.4, 0.5) is 9.52 Å². The molecule has 0 saturated carbocycles. The molecule has 1 aromatic heterocycles. The number of Topliss-reactive ketones (excluding diaryl/α,β-unsaturated/α-hetero) is 1. The smallest absolute Gasteiger partial charge is 0.301 e. The highest BCUT2D eigenvalue weighted by molar-refractivity contribution is 7.22. The highest BCUT2D eigenvalue weighted by Crippen LogP contribution is 2.44. The fourth-order valence-electron chi connectivity index (χ4n) is 4.27. The molecule has 3 aromatic carbocycles. The predicted molar refractivity (Wildman–Crippen MR) is 140 cm³/mol. The second kappa shape index (κ2) is 10.0. The van der Waals surface area contributed by atoms with Crippen LogP contribution in [0.2, 0.25) is 0 Å². The Labute approximate surface area is 216 Å². The van der Waals surface area contributed by atoms with Gasteiger partial charge in [0.2, 0.25) is 0 Å². The first-order chi connectivity index (χ1) is 17.9. The Morgan fingerprint density at radius 3 is 2.30 bits per heavy atom. The molecule has 1 aliphatic heterocycles. The van der Waals surface area contributed by atoms with Crippen LogP contribution in [0.3, 0.4) is 0 Å². The Kier molecular flexibility index (Phi) is 6.62. The summed E-state index contributed by atoms with van der Waals surface area (Å²) in [5.74, 6) is -1.24. The summed E-state index contributed by atoms with van der Waals surface area (Å²) in [6.07, 6.45) is 0. The van der Waals surface area contributed by atoms with Gasteiger partial charge < -0.3 is 14.6 Å². The van der Waals surface area contributed by atoms with Crippen LogP contribution in [-0.4, -0.2) is 35.0 Å². The van der Waals surface area contributed by atoms with Gasteiger partial charge in [-0.25, -0.2) is 9.37 Å². The Bertz CT molecular complexity index is 1510. The molecular weight excluding hydrogens is 495 g/mol. The molecule has 0 bridgehead atoms. The average Bonchev–Trinajstić information content (AvgIpc) is 3.43. The zero-order chi connectivity index (χ0) is 26.1. The Hall–Kier alpha value is -4.24. The normalized spacial score (nSPS) is 16.9. The fourth-order valence-corrected chi connectivity index (χ4v) is 5.29. The Balaban J connectivity index is 1.67. The molecule has 0 spiro atoms. The third-order valence-corrected chi connectivity index (χ3v) is 6.95. The van der Waals surface area contributed by atoms with Crippen LogP contribution in [0, 0.1) is 5.82 Å². The van der Waals surface area contributed by atoms with Gasteiger partial charge in [-0.05, 0) is 74.0 Å². The van der Waals surface area contributed by atoms with Crippen molar-refractivity contribution in [1.82, 2.24) is 4.98 Å². The third-order valence-electron chi connectivity index (χ3n) is 5.93. The van der Waals surface area contributed by atoms with E-state index < -0.39 is 23.5 Å². The minimum Gasteiger partial charge on any atom is -0.507 e. The van der Waals surface area contributed by atoms with Crippen molar-refractivity contribution in [3.8, 4) is 11.5 Å². The van der Waals surface area contributed by atoms with Crippen molar-refractivity contribution in [2.45, 2.75) is 19.9 Å². The van der Waals surface area contributed by atoms with E-state index in [2.05, 4.69) is 4.98 Å². The monoisotopic (exact) mass is 518 g/mol. The number of fused-ring (bicyclic) bond motifs is 1. The maximum atomic E-state index is 13.5. The van der Waals surface area contributed by atoms with Crippen molar-refractivity contribution < 1.29 is 28.6 Å². The van der Waals surface area contributed by atoms with E-state index in [4.69, 9.17) is 9.47 Å². The van der Waals surface area contributed by atoms with Gasteiger partial charge in [0.05, 0.1) is 35.0 Å². The van der Waals surface area contributed by atoms with E-state index in [0.717, 1.165) is 4.70 Å². The van der Waals surface area contributed by atoms with E-state index in [1.54, 1.807) is 36.4 Å². The van der Waals surface area contributed by atoms with Crippen LogP contribution in [0.1, 0.15) is 31.0 Å². The number of halogens is 1. The van der Waals surface area contributed by atoms with Gasteiger partial charge in [-0.2, -0.15) is 0 Å². The molecule has 1 aliphatic rings. The van der Waals surface area contributed by atoms with Crippen LogP contribution in [0.5, 0.6) is 11.5 Å². The summed E-state index contributed by atoms with van der Waals surface area (Å²) in [5.41, 5.74) is 1.35. The molecule has 188 valence electrons. The predicted octanol–water partition coefficient (Wildman–Crippen LogP) is 5.86. The number of carbonyl (C=O) groups excluding carboxylic acids is 2. The van der Waals surface area contributed by atoms with Crippen LogP contribution in [0.25, 0.3) is 16.0 Å². The summed E-state index contributed by atoms with van der Waals surface area (Å²) >= 11 is 1.24. The molecular formula is C28H23FN2O5S. The second-order valence-electron chi connectivity index (χ2n) is 8.24. The van der Waals surface area contributed by atoms with Crippen LogP contribution in [0.15, 0.2) is 72.3 Å². The summed E-state index contributed by atoms with van der Waals surface area (Å²) in [4.78, 5) is 32.6. The number of benzene rings is 3. The highest BCUT2D eigenvalue weighted by atomic mass is 32.1. The molecule has 0 aliphatic carbocycles. The molecule has 0 radical (unpaired) electrons. The first-order valence-corrected chi connectivity index (χ1v) is 12.6. The minimum absolute atomic E-state index is 0.102. The minimum atomic E-state index is -0.951. The number of amides is 1. The number of thiazole rings is 1. The molecule has 5 rings (SSSR count). The average molecular weight is 519 g/mol. The van der Waals surface area contributed by atoms with E-state index in [9.17, 15) is 19.1 Å². The van der Waals surface area contributed by atoms with Crippen molar-refractivity contribution in [2.24, 2.45) is 0 Å². The van der Waals surface area contributed by atoms with Crippen molar-refractivity contribution in [3.05, 3.63) is 89.2 Å². The topological polar surface area (TPSA) is 89.0 Å². The first kappa shape index (κ1) is 24.5. The van der Waals surface area contributed by atoms with Gasteiger partial charge in [0.25, 0.3) is 5.78 Å². The number of ketones is 1. The number of hydrogen-bond donors (Lipinski definition) is 1. The summed E-state index contributed by atoms with van der Waals surface area (Å²) in [6, 6.07) is 16.5. The summed E-state index contributed by atoms with van der Waals surface area (Å²) in [7, 11) is 0. The number of aliphatic hydroxyl groups excluding tert-OH is 1. The quantitative estimate of drug-likeness (QED) is 0.187. The maximum Gasteiger partial charge on any atom is 0.301 e. The molecule has 0 unspecified atom stereocenters. The lowest BCUT2D eigenvalue weighted by molar-refractivity contribution is -0.132. The third kappa shape index (κ3) is 4.53. The van der Waals surface area contributed by atoms with Crippen LogP contribution < -0.4 is 14.4 Å². The number of aliphatic hydroxyl groups is 1. The van der Waals surface area contributed by atoms with E-state index in [1.165, 1.54) is 40.5 Å². The molecule has 9 heteroatoms. The molecule has 7 nitrogen and oxygen atoms in total. The molecule has 2 heterocycles. The molecule has 37 heavy (non-hydrogen) atoms. The molecule has 4 aromatic rings. The maximum absolute atomic E-state index is 13.5. The number of rotatable bonds is 7. The van der Waals surface area contributed by atoms with Gasteiger partial charge in [-0.1, -0.05) is 23.5 Å². The van der Waals surface area contributed by atoms with Gasteiger partial charge in [0, 0.05) is 5.56 Å². The zero-order valence-electron chi connectivity index (χ0n) is 20.1. The Morgan fingerprint density at radius 1 is 0.973 bits per heavy atom. The van der Waals surface area contributed by atoms with Gasteiger partial charge in [-0.3, -0.25) is 14.5 Å². The first-order valence-electron chi connectivity index (χ1n) is 11.7. The standard InChI is InChI=1S/C28H23FN2O5S/c1-3-35-19-11-7-16(8-12-19)24-23(25(32)17-5-9-18(29)10-6-17)26(33)27(34)31(24)28-30-21-14-13-20(36-4-2)15-22(21)37-28/h5-15,24,32H,3-4H2,1-2H3/b25-23+/t24-/m0/s1. The Morgan fingerprint density at radius 2 is 1.62 bits per heavy atom. The highest BCUT2D eigenvalue weighted by Gasteiger charge is 2.48. The SMILES string of the molecule is CCOc1ccc([C@H]2/C(=C(\O)c3ccc(F)cc3)C(=O)C(=O)N2c2nc3ccc(OCC)cc3s2)cc1.